The molecule has 1 amide bonds. The van der Waals surface area contributed by atoms with E-state index in [0.717, 1.165) is 29.7 Å². The maximum Gasteiger partial charge on any atom is 0.341 e. The van der Waals surface area contributed by atoms with Crippen LogP contribution in [0.1, 0.15) is 47.1 Å². The van der Waals surface area contributed by atoms with Crippen LogP contribution in [0, 0.1) is 0 Å². The third kappa shape index (κ3) is 4.44. The van der Waals surface area contributed by atoms with E-state index in [-0.39, 0.29) is 17.7 Å². The molecule has 1 N–H and O–H groups in total. The minimum Gasteiger partial charge on any atom is -0.465 e. The molecule has 0 unspecified atom stereocenters. The molecule has 0 bridgehead atoms. The number of rotatable bonds is 7. The number of furan rings is 1. The minimum absolute atomic E-state index is 0.0747. The van der Waals surface area contributed by atoms with Gasteiger partial charge in [-0.2, -0.15) is 0 Å². The molecular formula is C20H21BrN4O4S2. The van der Waals surface area contributed by atoms with Gasteiger partial charge in [0.1, 0.15) is 5.00 Å². The first kappa shape index (κ1) is 22.1. The van der Waals surface area contributed by atoms with Gasteiger partial charge in [-0.1, -0.05) is 11.8 Å². The molecule has 0 saturated heterocycles. The molecule has 3 aromatic rings. The van der Waals surface area contributed by atoms with Crippen molar-refractivity contribution >= 4 is 55.9 Å². The summed E-state index contributed by atoms with van der Waals surface area (Å²) in [6, 6.07) is 3.69. The van der Waals surface area contributed by atoms with Gasteiger partial charge in [-0.05, 0) is 66.7 Å². The fourth-order valence-corrected chi connectivity index (χ4v) is 6.01. The Morgan fingerprint density at radius 2 is 2.16 bits per heavy atom. The number of hydrogen-bond acceptors (Lipinski definition) is 8. The fraction of sp³-hybridized carbons (Fsp3) is 0.400. The topological polar surface area (TPSA) is 99.2 Å². The van der Waals surface area contributed by atoms with Gasteiger partial charge in [0.15, 0.2) is 15.6 Å². The number of aromatic nitrogens is 3. The number of nitrogens with zero attached hydrogens (tertiary/aromatic N) is 3. The Hall–Kier alpha value is -2.11. The number of hydrogen-bond donors (Lipinski definition) is 1. The number of carbonyl (C=O) groups is 2. The van der Waals surface area contributed by atoms with Gasteiger partial charge in [0.2, 0.25) is 11.7 Å². The predicted octanol–water partition coefficient (Wildman–Crippen LogP) is 4.95. The van der Waals surface area contributed by atoms with Gasteiger partial charge in [0.05, 0.1) is 18.4 Å². The molecule has 4 rings (SSSR count). The second-order valence-corrected chi connectivity index (χ2v) is 10.1. The monoisotopic (exact) mass is 524 g/mol. The Morgan fingerprint density at radius 3 is 2.84 bits per heavy atom. The van der Waals surface area contributed by atoms with Gasteiger partial charge >= 0.3 is 5.97 Å². The highest BCUT2D eigenvalue weighted by molar-refractivity contribution is 9.10. The minimum atomic E-state index is -0.406. The van der Waals surface area contributed by atoms with Gasteiger partial charge in [-0.15, -0.1) is 21.5 Å². The molecule has 0 aromatic carbocycles. The Kier molecular flexibility index (Phi) is 6.54. The summed E-state index contributed by atoms with van der Waals surface area (Å²) in [4.78, 5) is 26.1. The molecule has 164 valence electrons. The number of anilines is 1. The number of methoxy groups -OCH3 is 1. The SMILES string of the molecule is COC(=O)c1c(NC(=O)CSc2nnc(-c3ccc(Br)o3)n2C(C)C)sc2c1CCC2. The molecule has 3 aromatic heterocycles. The van der Waals surface area contributed by atoms with Gasteiger partial charge in [0, 0.05) is 10.9 Å². The van der Waals surface area contributed by atoms with Crippen molar-refractivity contribution in [3.05, 3.63) is 32.8 Å². The third-order valence-electron chi connectivity index (χ3n) is 4.87. The van der Waals surface area contributed by atoms with Crippen LogP contribution in [0.5, 0.6) is 0 Å². The highest BCUT2D eigenvalue weighted by Gasteiger charge is 2.28. The van der Waals surface area contributed by atoms with Crippen LogP contribution in [0.2, 0.25) is 0 Å². The number of carbonyl (C=O) groups excluding carboxylic acids is 2. The quantitative estimate of drug-likeness (QED) is 0.344. The highest BCUT2D eigenvalue weighted by Crippen LogP contribution is 2.39. The van der Waals surface area contributed by atoms with E-state index in [2.05, 4.69) is 31.4 Å². The number of fused-ring (bicyclic) bond motifs is 1. The lowest BCUT2D eigenvalue weighted by Gasteiger charge is -2.12. The number of halogens is 1. The predicted molar refractivity (Wildman–Crippen MR) is 123 cm³/mol. The molecule has 0 aliphatic heterocycles. The van der Waals surface area contributed by atoms with Crippen molar-refractivity contribution in [2.45, 2.75) is 44.3 Å². The smallest absolute Gasteiger partial charge is 0.341 e. The largest absolute Gasteiger partial charge is 0.465 e. The number of amides is 1. The Balaban J connectivity index is 1.49. The second-order valence-electron chi connectivity index (χ2n) is 7.26. The van der Waals surface area contributed by atoms with Crippen LogP contribution >= 0.6 is 39.0 Å². The zero-order valence-electron chi connectivity index (χ0n) is 17.2. The van der Waals surface area contributed by atoms with E-state index in [9.17, 15) is 9.59 Å². The highest BCUT2D eigenvalue weighted by atomic mass is 79.9. The van der Waals surface area contributed by atoms with E-state index in [4.69, 9.17) is 9.15 Å². The van der Waals surface area contributed by atoms with Crippen LogP contribution < -0.4 is 5.32 Å². The lowest BCUT2D eigenvalue weighted by atomic mass is 10.1. The lowest BCUT2D eigenvalue weighted by Crippen LogP contribution is -2.17. The first-order valence-corrected chi connectivity index (χ1v) is 12.3. The summed E-state index contributed by atoms with van der Waals surface area (Å²) in [5.74, 6) is 0.717. The third-order valence-corrected chi connectivity index (χ3v) is 7.45. The molecule has 0 spiro atoms. The molecule has 0 fully saturated rings. The molecule has 1 aliphatic carbocycles. The Bertz CT molecular complexity index is 1130. The van der Waals surface area contributed by atoms with Crippen LogP contribution in [0.15, 0.2) is 26.4 Å². The first-order valence-electron chi connectivity index (χ1n) is 9.75. The molecule has 0 radical (unpaired) electrons. The van der Waals surface area contributed by atoms with Crippen LogP contribution in [0.3, 0.4) is 0 Å². The lowest BCUT2D eigenvalue weighted by molar-refractivity contribution is -0.113. The number of nitrogens with one attached hydrogen (secondary N) is 1. The van der Waals surface area contributed by atoms with Crippen LogP contribution in [-0.2, 0) is 22.4 Å². The van der Waals surface area contributed by atoms with Crippen molar-refractivity contribution in [2.75, 3.05) is 18.2 Å². The number of esters is 1. The zero-order chi connectivity index (χ0) is 22.1. The maximum absolute atomic E-state index is 12.7. The van der Waals surface area contributed by atoms with Gasteiger partial charge in [-0.3, -0.25) is 9.36 Å². The van der Waals surface area contributed by atoms with Gasteiger partial charge in [-0.25, -0.2) is 4.79 Å². The molecular weight excluding hydrogens is 504 g/mol. The summed E-state index contributed by atoms with van der Waals surface area (Å²) >= 11 is 6.05. The average Bonchev–Trinajstić information content (AvgIpc) is 3.48. The van der Waals surface area contributed by atoms with Crippen molar-refractivity contribution < 1.29 is 18.7 Å². The van der Waals surface area contributed by atoms with E-state index < -0.39 is 5.97 Å². The number of thioether (sulfide) groups is 1. The van der Waals surface area contributed by atoms with Crippen molar-refractivity contribution in [1.29, 1.82) is 0 Å². The van der Waals surface area contributed by atoms with Crippen molar-refractivity contribution in [3.63, 3.8) is 0 Å². The van der Waals surface area contributed by atoms with Crippen molar-refractivity contribution in [2.24, 2.45) is 0 Å². The zero-order valence-corrected chi connectivity index (χ0v) is 20.4. The normalized spacial score (nSPS) is 12.9. The summed E-state index contributed by atoms with van der Waals surface area (Å²) in [6.07, 6.45) is 2.79. The molecule has 0 saturated carbocycles. The Morgan fingerprint density at radius 1 is 1.35 bits per heavy atom. The van der Waals surface area contributed by atoms with Crippen LogP contribution in [-0.4, -0.2) is 39.5 Å². The average molecular weight is 525 g/mol. The molecule has 8 nitrogen and oxygen atoms in total. The van der Waals surface area contributed by atoms with Crippen LogP contribution in [0.4, 0.5) is 5.00 Å². The molecule has 31 heavy (non-hydrogen) atoms. The molecule has 1 aliphatic rings. The fourth-order valence-electron chi connectivity index (χ4n) is 3.55. The first-order chi connectivity index (χ1) is 14.9. The van der Waals surface area contributed by atoms with Gasteiger partial charge in [0.25, 0.3) is 0 Å². The number of thiophene rings is 1. The maximum atomic E-state index is 12.7. The summed E-state index contributed by atoms with van der Waals surface area (Å²) < 4.78 is 13.1. The molecule has 0 atom stereocenters. The summed E-state index contributed by atoms with van der Waals surface area (Å²) in [5.41, 5.74) is 1.50. The van der Waals surface area contributed by atoms with E-state index >= 15 is 0 Å². The van der Waals surface area contributed by atoms with Gasteiger partial charge < -0.3 is 14.5 Å². The number of ether oxygens (including phenoxy) is 1. The summed E-state index contributed by atoms with van der Waals surface area (Å²) in [7, 11) is 1.36. The second kappa shape index (κ2) is 9.17. The van der Waals surface area contributed by atoms with Crippen LogP contribution in [0.25, 0.3) is 11.6 Å². The Labute approximate surface area is 195 Å². The van der Waals surface area contributed by atoms with E-state index in [1.807, 2.05) is 24.5 Å². The summed E-state index contributed by atoms with van der Waals surface area (Å²) in [6.45, 7) is 4.04. The van der Waals surface area contributed by atoms with Crippen molar-refractivity contribution in [1.82, 2.24) is 14.8 Å². The van der Waals surface area contributed by atoms with Crippen molar-refractivity contribution in [3.8, 4) is 11.6 Å². The molecule has 3 heterocycles. The van der Waals surface area contributed by atoms with E-state index in [1.165, 1.54) is 30.2 Å². The molecule has 11 heteroatoms. The number of aryl methyl sites for hydroxylation is 1. The van der Waals surface area contributed by atoms with E-state index in [1.54, 1.807) is 6.07 Å². The summed E-state index contributed by atoms with van der Waals surface area (Å²) in [5, 5.41) is 12.6. The van der Waals surface area contributed by atoms with E-state index in [0.29, 0.717) is 32.0 Å². The standard InChI is InChI=1S/C20H21BrN4O4S2/c1-10(2)25-17(12-7-8-14(21)29-12)23-24-20(25)30-9-15(26)22-18-16(19(27)28-3)11-5-4-6-13(11)31-18/h7-8,10H,4-6,9H2,1-3H3,(H,22,26).